The summed E-state index contributed by atoms with van der Waals surface area (Å²) in [5.41, 5.74) is 14.3. The topological polar surface area (TPSA) is 0 Å². The summed E-state index contributed by atoms with van der Waals surface area (Å²) >= 11 is 0. The average molecular weight is 989 g/mol. The Kier molecular flexibility index (Phi) is 20.2. The lowest BCUT2D eigenvalue weighted by molar-refractivity contribution is 0.408. The predicted octanol–water partition coefficient (Wildman–Crippen LogP) is 22.2. The molecule has 5 aliphatic carbocycles. The minimum absolute atomic E-state index is 0.0209. The van der Waals surface area contributed by atoms with Crippen LogP contribution in [-0.2, 0) is 6.42 Å². The molecular weight excluding hydrogens is 903 g/mol. The molecule has 0 spiro atoms. The second-order valence-corrected chi connectivity index (χ2v) is 22.8. The van der Waals surface area contributed by atoms with Crippen molar-refractivity contribution in [2.75, 3.05) is 0 Å². The van der Waals surface area contributed by atoms with E-state index < -0.39 is 0 Å². The Labute approximate surface area is 446 Å². The Hall–Kier alpha value is -5.34. The molecule has 0 bridgehead atoms. The van der Waals surface area contributed by atoms with E-state index in [1.807, 2.05) is 48.5 Å². The van der Waals surface area contributed by atoms with E-state index in [-0.39, 0.29) is 11.6 Å². The fraction of sp³-hybridized carbons (Fsp3) is 0.444. The minimum Gasteiger partial charge on any atom is -0.207 e. The number of allylic oxidation sites excluding steroid dienone is 4. The summed E-state index contributed by atoms with van der Waals surface area (Å²) in [6, 6.07) is 48.8. The molecule has 5 fully saturated rings. The molecule has 0 N–H and O–H groups in total. The first-order valence-corrected chi connectivity index (χ1v) is 29.8. The SMILES string of the molecule is C/C=C(\C=C/Cc1ccc(C2CCCCC2)cc1F)C1CCCCC1.Fc1cc(-c2ccc(C3CCCCC3)cc2)ccc1-c1ccccc1.c1cc(C2CCCCC2)ccc1-c1ccc(C2CCCCC2)cc1. The van der Waals surface area contributed by atoms with E-state index in [0.29, 0.717) is 29.7 Å². The Balaban J connectivity index is 0.000000136. The summed E-state index contributed by atoms with van der Waals surface area (Å²) in [5, 5.41) is 0. The Morgan fingerprint density at radius 1 is 0.378 bits per heavy atom. The fourth-order valence-corrected chi connectivity index (χ4v) is 13.3. The van der Waals surface area contributed by atoms with Crippen molar-refractivity contribution in [3.05, 3.63) is 203 Å². The molecule has 0 amide bonds. The van der Waals surface area contributed by atoms with Crippen LogP contribution in [0.15, 0.2) is 163 Å². The maximum atomic E-state index is 14.6. The van der Waals surface area contributed by atoms with Crippen LogP contribution in [0.4, 0.5) is 8.78 Å². The van der Waals surface area contributed by atoms with Crippen LogP contribution in [0.3, 0.4) is 0 Å². The monoisotopic (exact) mass is 989 g/mol. The van der Waals surface area contributed by atoms with E-state index >= 15 is 0 Å². The summed E-state index contributed by atoms with van der Waals surface area (Å²) in [6.45, 7) is 2.13. The third kappa shape index (κ3) is 14.9. The Morgan fingerprint density at radius 2 is 0.770 bits per heavy atom. The van der Waals surface area contributed by atoms with Gasteiger partial charge in [0.25, 0.3) is 0 Å². The van der Waals surface area contributed by atoms with Crippen molar-refractivity contribution in [3.63, 3.8) is 0 Å². The fourth-order valence-electron chi connectivity index (χ4n) is 13.3. The van der Waals surface area contributed by atoms with Crippen LogP contribution in [0.2, 0.25) is 0 Å². The zero-order chi connectivity index (χ0) is 50.7. The van der Waals surface area contributed by atoms with Crippen LogP contribution in [0, 0.1) is 17.6 Å². The highest BCUT2D eigenvalue weighted by Gasteiger charge is 2.20. The standard InChI is InChI=1S/C24H23F.C24H33F.C24H30/c25-24-17-22(15-16-23(24)21-9-5-2-6-10-21)20-13-11-19(12-14-20)18-7-3-1-4-8-18;1-2-19(20-10-5-3-6-11-20)14-9-15-22-16-17-23(18-24(22)25)21-12-7-4-8-13-21;1-3-7-19(8-4-1)21-11-15-23(16-12-21)24-17-13-22(14-18-24)20-9-5-2-6-10-20/h2,5-6,9-18H,1,3-4,7-8H2;2,9,14,16-18,20-21H,3-8,10-13,15H2,1H3;11-20H,1-10H2/b;14-9-,19-2+;. The lowest BCUT2D eigenvalue weighted by Gasteiger charge is -2.23. The molecule has 0 aliphatic heterocycles. The molecule has 0 aromatic heterocycles. The second kappa shape index (κ2) is 28.0. The van der Waals surface area contributed by atoms with E-state index in [9.17, 15) is 8.78 Å². The molecule has 5 aliphatic rings. The Bertz CT molecular complexity index is 2580. The van der Waals surface area contributed by atoms with Crippen molar-refractivity contribution in [1.82, 2.24) is 0 Å². The van der Waals surface area contributed by atoms with Gasteiger partial charge in [0, 0.05) is 5.56 Å². The molecule has 0 nitrogen and oxygen atoms in total. The van der Waals surface area contributed by atoms with Gasteiger partial charge in [-0.1, -0.05) is 242 Å². The molecule has 11 rings (SSSR count). The summed E-state index contributed by atoms with van der Waals surface area (Å²) in [5.74, 6) is 3.43. The van der Waals surface area contributed by atoms with Crippen LogP contribution in [-0.4, -0.2) is 0 Å². The van der Waals surface area contributed by atoms with Crippen molar-refractivity contribution < 1.29 is 8.78 Å². The first-order valence-electron chi connectivity index (χ1n) is 29.8. The lowest BCUT2D eigenvalue weighted by atomic mass is 9.83. The van der Waals surface area contributed by atoms with Gasteiger partial charge in [-0.3, -0.25) is 0 Å². The summed E-state index contributed by atoms with van der Waals surface area (Å²) in [7, 11) is 0. The quantitative estimate of drug-likeness (QED) is 0.114. The van der Waals surface area contributed by atoms with Gasteiger partial charge in [-0.05, 0) is 180 Å². The van der Waals surface area contributed by atoms with Gasteiger partial charge < -0.3 is 0 Å². The first-order chi connectivity index (χ1) is 36.5. The number of halogens is 2. The largest absolute Gasteiger partial charge is 0.207 e. The van der Waals surface area contributed by atoms with E-state index in [4.69, 9.17) is 0 Å². The van der Waals surface area contributed by atoms with Crippen LogP contribution in [0.1, 0.15) is 219 Å². The summed E-state index contributed by atoms with van der Waals surface area (Å²) in [6.07, 6.45) is 41.2. The third-order valence-electron chi connectivity index (χ3n) is 17.9. The molecule has 0 radical (unpaired) electrons. The zero-order valence-corrected chi connectivity index (χ0v) is 45.0. The molecule has 6 aromatic rings. The van der Waals surface area contributed by atoms with Crippen LogP contribution in [0.25, 0.3) is 33.4 Å². The van der Waals surface area contributed by atoms with Gasteiger partial charge in [0.05, 0.1) is 0 Å². The van der Waals surface area contributed by atoms with Crippen LogP contribution < -0.4 is 0 Å². The molecule has 6 aromatic carbocycles. The summed E-state index contributed by atoms with van der Waals surface area (Å²) < 4.78 is 29.1. The highest BCUT2D eigenvalue weighted by atomic mass is 19.1. The molecule has 74 heavy (non-hydrogen) atoms. The summed E-state index contributed by atoms with van der Waals surface area (Å²) in [4.78, 5) is 0. The first kappa shape index (κ1) is 53.5. The lowest BCUT2D eigenvalue weighted by Crippen LogP contribution is -2.08. The number of hydrogen-bond donors (Lipinski definition) is 0. The van der Waals surface area contributed by atoms with E-state index in [2.05, 4.69) is 104 Å². The highest BCUT2D eigenvalue weighted by molar-refractivity contribution is 5.71. The normalized spacial score (nSPS) is 18.8. The number of benzene rings is 6. The Morgan fingerprint density at radius 3 is 1.19 bits per heavy atom. The highest BCUT2D eigenvalue weighted by Crippen LogP contribution is 2.38. The van der Waals surface area contributed by atoms with Gasteiger partial charge in [-0.25, -0.2) is 8.78 Å². The van der Waals surface area contributed by atoms with Gasteiger partial charge in [-0.2, -0.15) is 0 Å². The van der Waals surface area contributed by atoms with Gasteiger partial charge in [0.2, 0.25) is 0 Å². The number of hydrogen-bond acceptors (Lipinski definition) is 0. The predicted molar refractivity (Wildman–Crippen MR) is 312 cm³/mol. The molecule has 5 saturated carbocycles. The van der Waals surface area contributed by atoms with Crippen LogP contribution in [0.5, 0.6) is 0 Å². The average Bonchev–Trinajstić information content (AvgIpc) is 3.48. The molecule has 388 valence electrons. The van der Waals surface area contributed by atoms with E-state index in [1.54, 1.807) is 23.3 Å². The van der Waals surface area contributed by atoms with Gasteiger partial charge >= 0.3 is 0 Å². The van der Waals surface area contributed by atoms with E-state index in [1.165, 1.54) is 188 Å². The smallest absolute Gasteiger partial charge is 0.131 e. The van der Waals surface area contributed by atoms with Gasteiger partial charge in [0.15, 0.2) is 0 Å². The third-order valence-corrected chi connectivity index (χ3v) is 17.9. The molecule has 0 heterocycles. The maximum absolute atomic E-state index is 14.6. The number of rotatable bonds is 11. The van der Waals surface area contributed by atoms with Gasteiger partial charge in [0.1, 0.15) is 11.6 Å². The van der Waals surface area contributed by atoms with Crippen molar-refractivity contribution in [2.45, 2.75) is 198 Å². The zero-order valence-electron chi connectivity index (χ0n) is 45.0. The molecule has 2 heteroatoms. The molecular formula is C72H86F2. The van der Waals surface area contributed by atoms with E-state index in [0.717, 1.165) is 34.1 Å². The van der Waals surface area contributed by atoms with Crippen LogP contribution >= 0.6 is 0 Å². The van der Waals surface area contributed by atoms with Gasteiger partial charge in [-0.15, -0.1) is 0 Å². The molecule has 0 saturated heterocycles. The van der Waals surface area contributed by atoms with Crippen molar-refractivity contribution in [2.24, 2.45) is 5.92 Å². The van der Waals surface area contributed by atoms with Crippen molar-refractivity contribution >= 4 is 0 Å². The van der Waals surface area contributed by atoms with Crippen molar-refractivity contribution in [1.29, 1.82) is 0 Å². The molecule has 0 unspecified atom stereocenters. The second-order valence-electron chi connectivity index (χ2n) is 22.8. The molecule has 0 atom stereocenters. The van der Waals surface area contributed by atoms with Crippen molar-refractivity contribution in [3.8, 4) is 33.4 Å². The maximum Gasteiger partial charge on any atom is 0.131 e. The minimum atomic E-state index is -0.167.